The predicted molar refractivity (Wildman–Crippen MR) is 102 cm³/mol. The van der Waals surface area contributed by atoms with E-state index in [1.807, 2.05) is 0 Å². The van der Waals surface area contributed by atoms with Crippen LogP contribution in [0.3, 0.4) is 0 Å². The summed E-state index contributed by atoms with van der Waals surface area (Å²) in [6, 6.07) is 4.38. The van der Waals surface area contributed by atoms with Gasteiger partial charge in [-0.1, -0.05) is 0 Å². The molecule has 4 N–H and O–H groups in total. The lowest BCUT2D eigenvalue weighted by atomic mass is 9.79. The van der Waals surface area contributed by atoms with Crippen LogP contribution in [0.25, 0.3) is 11.3 Å². The number of hydrogen-bond acceptors (Lipinski definition) is 6. The lowest BCUT2D eigenvalue weighted by Gasteiger charge is -2.34. The van der Waals surface area contributed by atoms with Crippen molar-refractivity contribution in [3.05, 3.63) is 29.4 Å². The molecule has 1 aromatic heterocycles. The number of carbonyl (C=O) groups excluding carboxylic acids is 2. The van der Waals surface area contributed by atoms with E-state index in [1.54, 1.807) is 17.5 Å². The van der Waals surface area contributed by atoms with Crippen LogP contribution in [0.1, 0.15) is 19.8 Å². The van der Waals surface area contributed by atoms with E-state index in [-0.39, 0.29) is 18.4 Å². The molecule has 1 saturated heterocycles. The maximum atomic E-state index is 14.4. The average molecular weight is 392 g/mol. The second-order valence-corrected chi connectivity index (χ2v) is 7.32. The number of rotatable bonds is 5. The quantitative estimate of drug-likeness (QED) is 0.725. The SMILES string of the molecule is CC(=O)Nc1ccc(-c2csc(NC(=O)C3(CN)CCOCC3)n2)c(F)c1. The molecule has 9 heteroatoms. The summed E-state index contributed by atoms with van der Waals surface area (Å²) in [6.45, 7) is 2.59. The fraction of sp³-hybridized carbons (Fsp3) is 0.389. The first-order valence-corrected chi connectivity index (χ1v) is 9.44. The third kappa shape index (κ3) is 4.32. The smallest absolute Gasteiger partial charge is 0.233 e. The van der Waals surface area contributed by atoms with Crippen LogP contribution in [0.5, 0.6) is 0 Å². The number of carbonyl (C=O) groups is 2. The standard InChI is InChI=1S/C18H21FN4O3S/c1-11(24)21-12-2-3-13(14(19)8-12)15-9-27-17(22-15)23-16(25)18(10-20)4-6-26-7-5-18/h2-3,8-9H,4-7,10,20H2,1H3,(H,21,24)(H,22,23,25). The van der Waals surface area contributed by atoms with Crippen LogP contribution in [0.2, 0.25) is 0 Å². The van der Waals surface area contributed by atoms with Crippen molar-refractivity contribution in [2.45, 2.75) is 19.8 Å². The zero-order valence-electron chi connectivity index (χ0n) is 14.9. The molecule has 1 aliphatic heterocycles. The Morgan fingerprint density at radius 2 is 2.07 bits per heavy atom. The molecule has 1 aliphatic rings. The molecule has 0 spiro atoms. The van der Waals surface area contributed by atoms with E-state index in [2.05, 4.69) is 15.6 Å². The van der Waals surface area contributed by atoms with E-state index in [9.17, 15) is 14.0 Å². The second-order valence-electron chi connectivity index (χ2n) is 6.46. The molecule has 0 atom stereocenters. The molecule has 3 rings (SSSR count). The molecule has 0 saturated carbocycles. The van der Waals surface area contributed by atoms with Crippen molar-refractivity contribution in [3.8, 4) is 11.3 Å². The first kappa shape index (κ1) is 19.4. The first-order valence-electron chi connectivity index (χ1n) is 8.56. The summed E-state index contributed by atoms with van der Waals surface area (Å²) in [5.74, 6) is -0.967. The minimum atomic E-state index is -0.657. The van der Waals surface area contributed by atoms with Gasteiger partial charge in [-0.2, -0.15) is 0 Å². The summed E-state index contributed by atoms with van der Waals surface area (Å²) in [4.78, 5) is 28.1. The summed E-state index contributed by atoms with van der Waals surface area (Å²) >= 11 is 1.22. The highest BCUT2D eigenvalue weighted by Crippen LogP contribution is 2.33. The monoisotopic (exact) mass is 392 g/mol. The Kier molecular flexibility index (Phi) is 5.83. The van der Waals surface area contributed by atoms with Gasteiger partial charge in [-0.05, 0) is 31.0 Å². The van der Waals surface area contributed by atoms with Crippen LogP contribution in [-0.2, 0) is 14.3 Å². The first-order chi connectivity index (χ1) is 12.9. The molecule has 2 aromatic rings. The van der Waals surface area contributed by atoms with Crippen molar-refractivity contribution < 1.29 is 18.7 Å². The number of amides is 2. The predicted octanol–water partition coefficient (Wildman–Crippen LogP) is 2.60. The highest BCUT2D eigenvalue weighted by Gasteiger charge is 2.39. The Morgan fingerprint density at radius 3 is 2.70 bits per heavy atom. The highest BCUT2D eigenvalue weighted by atomic mass is 32.1. The molecular weight excluding hydrogens is 371 g/mol. The summed E-state index contributed by atoms with van der Waals surface area (Å²) < 4.78 is 19.7. The van der Waals surface area contributed by atoms with Crippen LogP contribution in [0.15, 0.2) is 23.6 Å². The van der Waals surface area contributed by atoms with Crippen LogP contribution in [-0.4, -0.2) is 36.6 Å². The number of aromatic nitrogens is 1. The molecule has 1 fully saturated rings. The molecule has 2 heterocycles. The number of thiazole rings is 1. The van der Waals surface area contributed by atoms with Crippen molar-refractivity contribution in [1.82, 2.24) is 4.98 Å². The van der Waals surface area contributed by atoms with Gasteiger partial charge < -0.3 is 21.1 Å². The maximum absolute atomic E-state index is 14.4. The Balaban J connectivity index is 1.75. The van der Waals surface area contributed by atoms with Gasteiger partial charge in [0.25, 0.3) is 0 Å². The summed E-state index contributed by atoms with van der Waals surface area (Å²) in [5.41, 5.74) is 6.26. The molecule has 7 nitrogen and oxygen atoms in total. The van der Waals surface area contributed by atoms with Gasteiger partial charge in [-0.15, -0.1) is 11.3 Å². The Hall–Kier alpha value is -2.36. The van der Waals surface area contributed by atoms with Gasteiger partial charge in [-0.3, -0.25) is 9.59 Å². The Bertz CT molecular complexity index is 849. The molecule has 0 bridgehead atoms. The maximum Gasteiger partial charge on any atom is 0.233 e. The van der Waals surface area contributed by atoms with Gasteiger partial charge >= 0.3 is 0 Å². The van der Waals surface area contributed by atoms with Crippen molar-refractivity contribution >= 4 is 34.0 Å². The molecule has 0 radical (unpaired) electrons. The minimum Gasteiger partial charge on any atom is -0.381 e. The highest BCUT2D eigenvalue weighted by molar-refractivity contribution is 7.14. The molecule has 144 valence electrons. The molecule has 0 unspecified atom stereocenters. The molecule has 2 amide bonds. The largest absolute Gasteiger partial charge is 0.381 e. The number of halogens is 1. The summed E-state index contributed by atoms with van der Waals surface area (Å²) in [7, 11) is 0. The van der Waals surface area contributed by atoms with E-state index in [1.165, 1.54) is 24.3 Å². The van der Waals surface area contributed by atoms with Gasteiger partial charge in [0.05, 0.1) is 11.1 Å². The molecule has 27 heavy (non-hydrogen) atoms. The van der Waals surface area contributed by atoms with E-state index in [0.717, 1.165) is 0 Å². The topological polar surface area (TPSA) is 106 Å². The van der Waals surface area contributed by atoms with Gasteiger partial charge in [-0.25, -0.2) is 9.37 Å². The lowest BCUT2D eigenvalue weighted by Crippen LogP contribution is -2.46. The average Bonchev–Trinajstić information content (AvgIpc) is 3.10. The van der Waals surface area contributed by atoms with Crippen LogP contribution >= 0.6 is 11.3 Å². The van der Waals surface area contributed by atoms with Gasteiger partial charge in [0, 0.05) is 43.3 Å². The fourth-order valence-electron chi connectivity index (χ4n) is 2.97. The fourth-order valence-corrected chi connectivity index (χ4v) is 3.68. The lowest BCUT2D eigenvalue weighted by molar-refractivity contribution is -0.130. The van der Waals surface area contributed by atoms with Gasteiger partial charge in [0.2, 0.25) is 11.8 Å². The third-order valence-corrected chi connectivity index (χ3v) is 5.37. The normalized spacial score (nSPS) is 16.0. The number of ether oxygens (including phenoxy) is 1. The zero-order chi connectivity index (χ0) is 19.4. The van der Waals surface area contributed by atoms with Crippen molar-refractivity contribution in [2.24, 2.45) is 11.1 Å². The van der Waals surface area contributed by atoms with Crippen LogP contribution in [0, 0.1) is 11.2 Å². The number of nitrogens with two attached hydrogens (primary N) is 1. The van der Waals surface area contributed by atoms with Gasteiger partial charge in [0.1, 0.15) is 5.82 Å². The number of nitrogens with zero attached hydrogens (tertiary/aromatic N) is 1. The van der Waals surface area contributed by atoms with Crippen LogP contribution in [0.4, 0.5) is 15.2 Å². The Morgan fingerprint density at radius 1 is 1.33 bits per heavy atom. The van der Waals surface area contributed by atoms with E-state index < -0.39 is 11.2 Å². The third-order valence-electron chi connectivity index (χ3n) is 4.61. The van der Waals surface area contributed by atoms with E-state index in [4.69, 9.17) is 10.5 Å². The second kappa shape index (κ2) is 8.12. The van der Waals surface area contributed by atoms with Crippen molar-refractivity contribution in [3.63, 3.8) is 0 Å². The van der Waals surface area contributed by atoms with Gasteiger partial charge in [0.15, 0.2) is 5.13 Å². The molecular formula is C18H21FN4O3S. The summed E-state index contributed by atoms with van der Waals surface area (Å²) in [6.07, 6.45) is 1.12. The van der Waals surface area contributed by atoms with Crippen molar-refractivity contribution in [1.29, 1.82) is 0 Å². The van der Waals surface area contributed by atoms with Crippen LogP contribution < -0.4 is 16.4 Å². The Labute approximate surface area is 160 Å². The number of benzene rings is 1. The molecule has 1 aromatic carbocycles. The van der Waals surface area contributed by atoms with E-state index >= 15 is 0 Å². The summed E-state index contributed by atoms with van der Waals surface area (Å²) in [5, 5.41) is 7.39. The number of anilines is 2. The zero-order valence-corrected chi connectivity index (χ0v) is 15.7. The van der Waals surface area contributed by atoms with E-state index in [0.29, 0.717) is 48.1 Å². The minimum absolute atomic E-state index is 0.185. The number of hydrogen-bond donors (Lipinski definition) is 3. The number of nitrogens with one attached hydrogen (secondary N) is 2. The van der Waals surface area contributed by atoms with Crippen molar-refractivity contribution in [2.75, 3.05) is 30.4 Å². The molecule has 0 aliphatic carbocycles.